The molecule has 5 rings (SSSR count). The first-order valence-electron chi connectivity index (χ1n) is 10.6. The second kappa shape index (κ2) is 10.3. The molecular formula is C26H19Cl2N3OS2. The maximum absolute atomic E-state index is 12.6. The van der Waals surface area contributed by atoms with E-state index in [1.165, 1.54) is 16.7 Å². The first kappa shape index (κ1) is 23.1. The van der Waals surface area contributed by atoms with Gasteiger partial charge in [-0.05, 0) is 66.4 Å². The lowest BCUT2D eigenvalue weighted by Gasteiger charge is -2.05. The third kappa shape index (κ3) is 5.36. The van der Waals surface area contributed by atoms with Crippen LogP contribution < -0.4 is 5.32 Å². The van der Waals surface area contributed by atoms with Crippen LogP contribution in [-0.4, -0.2) is 21.4 Å². The number of carbonyl (C=O) groups is 1. The molecule has 4 aromatic rings. The van der Waals surface area contributed by atoms with Crippen LogP contribution in [0.4, 0.5) is 5.69 Å². The summed E-state index contributed by atoms with van der Waals surface area (Å²) >= 11 is 15.2. The van der Waals surface area contributed by atoms with E-state index in [-0.39, 0.29) is 5.91 Å². The predicted octanol–water partition coefficient (Wildman–Crippen LogP) is 7.63. The van der Waals surface area contributed by atoms with E-state index in [1.54, 1.807) is 23.9 Å². The monoisotopic (exact) mass is 523 g/mol. The molecule has 0 unspecified atom stereocenters. The molecule has 1 aliphatic rings. The highest BCUT2D eigenvalue weighted by molar-refractivity contribution is 8.18. The van der Waals surface area contributed by atoms with Crippen molar-refractivity contribution in [2.45, 2.75) is 11.4 Å². The van der Waals surface area contributed by atoms with Gasteiger partial charge in [0.05, 0.1) is 10.6 Å². The molecule has 1 aromatic heterocycles. The quantitative estimate of drug-likeness (QED) is 0.208. The molecule has 170 valence electrons. The number of amidine groups is 1. The fraction of sp³-hybridized carbons (Fsp3) is 0.0769. The van der Waals surface area contributed by atoms with E-state index in [4.69, 9.17) is 23.2 Å². The molecular weight excluding hydrogens is 505 g/mol. The molecule has 1 amide bonds. The number of aromatic nitrogens is 1. The van der Waals surface area contributed by atoms with Crippen molar-refractivity contribution in [2.24, 2.45) is 4.99 Å². The first-order valence-corrected chi connectivity index (χ1v) is 13.1. The smallest absolute Gasteiger partial charge is 0.264 e. The number of thioether (sulfide) groups is 2. The van der Waals surface area contributed by atoms with Crippen LogP contribution in [0.3, 0.4) is 0 Å². The van der Waals surface area contributed by atoms with E-state index in [2.05, 4.69) is 33.2 Å². The second-order valence-electron chi connectivity index (χ2n) is 7.56. The molecule has 0 spiro atoms. The zero-order valence-electron chi connectivity index (χ0n) is 17.9. The van der Waals surface area contributed by atoms with Crippen LogP contribution in [0.5, 0.6) is 0 Å². The number of fused-ring (bicyclic) bond motifs is 1. The van der Waals surface area contributed by atoms with Crippen LogP contribution in [0.15, 0.2) is 93.8 Å². The second-order valence-corrected chi connectivity index (χ2v) is 10.6. The molecule has 4 nitrogen and oxygen atoms in total. The molecule has 0 bridgehead atoms. The molecule has 1 aliphatic heterocycles. The number of amides is 1. The summed E-state index contributed by atoms with van der Waals surface area (Å²) in [5.41, 5.74) is 2.85. The molecule has 0 atom stereocenters. The molecule has 34 heavy (non-hydrogen) atoms. The molecule has 2 heterocycles. The Kier molecular flexibility index (Phi) is 7.02. The standard InChI is InChI=1S/C26H19Cl2N3OS2/c27-18-8-10-21(11-9-18)33-13-12-31-16-17(22-6-1-2-7-23(22)31)14-24-25(32)30-26(34-24)29-20-5-3-4-19(28)15-20/h1-11,14-16H,12-13H2,(H,29,30,32)/b24-14-. The molecule has 3 aromatic carbocycles. The van der Waals surface area contributed by atoms with Gasteiger partial charge in [-0.2, -0.15) is 0 Å². The number of rotatable bonds is 6. The lowest BCUT2D eigenvalue weighted by Crippen LogP contribution is -2.19. The van der Waals surface area contributed by atoms with E-state index in [0.29, 0.717) is 20.8 Å². The average molecular weight is 524 g/mol. The normalized spacial score (nSPS) is 16.0. The molecule has 0 radical (unpaired) electrons. The Morgan fingerprint density at radius 1 is 1.00 bits per heavy atom. The van der Waals surface area contributed by atoms with Gasteiger partial charge in [-0.3, -0.25) is 4.79 Å². The number of aryl methyl sites for hydroxylation is 1. The minimum absolute atomic E-state index is 0.152. The lowest BCUT2D eigenvalue weighted by molar-refractivity contribution is -0.115. The SMILES string of the molecule is O=C1NC(=Nc2cccc(Cl)c2)S/C1=C\c1cn(CCSc2ccc(Cl)cc2)c2ccccc12. The van der Waals surface area contributed by atoms with Crippen molar-refractivity contribution >= 4 is 80.5 Å². The Bertz CT molecular complexity index is 1430. The minimum Gasteiger partial charge on any atom is -0.346 e. The first-order chi connectivity index (χ1) is 16.5. The summed E-state index contributed by atoms with van der Waals surface area (Å²) in [5, 5.41) is 5.85. The molecule has 1 fully saturated rings. The van der Waals surface area contributed by atoms with Gasteiger partial charge in [0.2, 0.25) is 0 Å². The fourth-order valence-electron chi connectivity index (χ4n) is 3.65. The number of halogens is 2. The largest absolute Gasteiger partial charge is 0.346 e. The van der Waals surface area contributed by atoms with E-state index in [0.717, 1.165) is 33.8 Å². The van der Waals surface area contributed by atoms with Crippen molar-refractivity contribution in [1.29, 1.82) is 0 Å². The number of carbonyl (C=O) groups excluding carboxylic acids is 1. The number of aliphatic imine (C=N–C) groups is 1. The third-order valence-corrected chi connectivity index (χ3v) is 7.60. The molecule has 0 aliphatic carbocycles. The van der Waals surface area contributed by atoms with Crippen LogP contribution in [0.1, 0.15) is 5.56 Å². The minimum atomic E-state index is -0.152. The Hall–Kier alpha value is -2.64. The Balaban J connectivity index is 1.36. The summed E-state index contributed by atoms with van der Waals surface area (Å²) in [4.78, 5) is 18.9. The van der Waals surface area contributed by atoms with Gasteiger partial charge in [0.15, 0.2) is 5.17 Å². The van der Waals surface area contributed by atoms with Gasteiger partial charge >= 0.3 is 0 Å². The molecule has 0 saturated carbocycles. The molecule has 1 N–H and O–H groups in total. The van der Waals surface area contributed by atoms with Crippen molar-refractivity contribution in [3.05, 3.63) is 99.5 Å². The van der Waals surface area contributed by atoms with Gasteiger partial charge in [-0.25, -0.2) is 4.99 Å². The Labute approximate surface area is 216 Å². The lowest BCUT2D eigenvalue weighted by atomic mass is 10.1. The van der Waals surface area contributed by atoms with Crippen LogP contribution >= 0.6 is 46.7 Å². The summed E-state index contributed by atoms with van der Waals surface area (Å²) in [6, 6.07) is 23.4. The van der Waals surface area contributed by atoms with Gasteiger partial charge in [0, 0.05) is 49.9 Å². The average Bonchev–Trinajstić information content (AvgIpc) is 3.35. The van der Waals surface area contributed by atoms with E-state index >= 15 is 0 Å². The maximum Gasteiger partial charge on any atom is 0.264 e. The summed E-state index contributed by atoms with van der Waals surface area (Å²) in [7, 11) is 0. The zero-order valence-corrected chi connectivity index (χ0v) is 21.0. The van der Waals surface area contributed by atoms with Gasteiger partial charge in [0.1, 0.15) is 0 Å². The van der Waals surface area contributed by atoms with Gasteiger partial charge in [-0.1, -0.05) is 47.5 Å². The number of hydrogen-bond donors (Lipinski definition) is 1. The summed E-state index contributed by atoms with van der Waals surface area (Å²) in [6.45, 7) is 0.845. The number of hydrogen-bond acceptors (Lipinski definition) is 4. The molecule has 8 heteroatoms. The summed E-state index contributed by atoms with van der Waals surface area (Å²) < 4.78 is 2.24. The van der Waals surface area contributed by atoms with E-state index in [1.807, 2.05) is 54.6 Å². The maximum atomic E-state index is 12.6. The van der Waals surface area contributed by atoms with E-state index in [9.17, 15) is 4.79 Å². The number of nitrogens with one attached hydrogen (secondary N) is 1. The summed E-state index contributed by atoms with van der Waals surface area (Å²) in [6.07, 6.45) is 4.05. The van der Waals surface area contributed by atoms with Crippen molar-refractivity contribution in [3.63, 3.8) is 0 Å². The zero-order chi connectivity index (χ0) is 23.5. The van der Waals surface area contributed by atoms with Gasteiger partial charge < -0.3 is 9.88 Å². The van der Waals surface area contributed by atoms with Crippen LogP contribution in [-0.2, 0) is 11.3 Å². The van der Waals surface area contributed by atoms with Crippen LogP contribution in [0, 0.1) is 0 Å². The summed E-state index contributed by atoms with van der Waals surface area (Å²) in [5.74, 6) is 0.767. The van der Waals surface area contributed by atoms with Crippen LogP contribution in [0.25, 0.3) is 17.0 Å². The van der Waals surface area contributed by atoms with Crippen molar-refractivity contribution in [3.8, 4) is 0 Å². The Morgan fingerprint density at radius 2 is 1.82 bits per heavy atom. The highest BCUT2D eigenvalue weighted by atomic mass is 35.5. The number of para-hydroxylation sites is 1. The topological polar surface area (TPSA) is 46.4 Å². The highest BCUT2D eigenvalue weighted by Crippen LogP contribution is 2.32. The number of benzene rings is 3. The molecule has 1 saturated heterocycles. The third-order valence-electron chi connectivity index (χ3n) is 5.21. The number of nitrogens with zero attached hydrogens (tertiary/aromatic N) is 2. The van der Waals surface area contributed by atoms with Crippen molar-refractivity contribution in [2.75, 3.05) is 5.75 Å². The van der Waals surface area contributed by atoms with Gasteiger partial charge in [0.25, 0.3) is 5.91 Å². The van der Waals surface area contributed by atoms with E-state index < -0.39 is 0 Å². The highest BCUT2D eigenvalue weighted by Gasteiger charge is 2.24. The van der Waals surface area contributed by atoms with Crippen LogP contribution in [0.2, 0.25) is 10.0 Å². The Morgan fingerprint density at radius 3 is 2.65 bits per heavy atom. The van der Waals surface area contributed by atoms with Crippen molar-refractivity contribution in [1.82, 2.24) is 9.88 Å². The predicted molar refractivity (Wildman–Crippen MR) is 146 cm³/mol. The fourth-order valence-corrected chi connectivity index (χ4v) is 5.65. The van der Waals surface area contributed by atoms with Crippen molar-refractivity contribution < 1.29 is 4.79 Å². The van der Waals surface area contributed by atoms with Gasteiger partial charge in [-0.15, -0.1) is 11.8 Å².